The number of nitrogens with zero attached hydrogens (tertiary/aromatic N) is 1. The van der Waals surface area contributed by atoms with E-state index in [1.165, 1.54) is 4.88 Å². The molecule has 1 aromatic heterocycles. The Kier molecular flexibility index (Phi) is 8.90. The molecule has 0 spiro atoms. The lowest BCUT2D eigenvalue weighted by Gasteiger charge is -2.30. The van der Waals surface area contributed by atoms with Gasteiger partial charge in [0.15, 0.2) is 0 Å². The zero-order valence-corrected chi connectivity index (χ0v) is 18.6. The van der Waals surface area contributed by atoms with Crippen LogP contribution in [0.3, 0.4) is 0 Å². The van der Waals surface area contributed by atoms with Crippen LogP contribution in [0, 0.1) is 0 Å². The van der Waals surface area contributed by atoms with Crippen LogP contribution in [0.5, 0.6) is 0 Å². The molecule has 2 aromatic rings. The number of aryl methyl sites for hydroxylation is 1. The van der Waals surface area contributed by atoms with Crippen LogP contribution in [0.4, 0.5) is 5.69 Å². The van der Waals surface area contributed by atoms with Gasteiger partial charge in [0.1, 0.15) is 0 Å². The molecule has 0 saturated carbocycles. The smallest absolute Gasteiger partial charge is 0.254 e. The highest BCUT2D eigenvalue weighted by Gasteiger charge is 2.22. The highest BCUT2D eigenvalue weighted by Crippen LogP contribution is 2.18. The van der Waals surface area contributed by atoms with Crippen molar-refractivity contribution in [3.05, 3.63) is 52.2 Å². The molecule has 3 rings (SSSR count). The average Bonchev–Trinajstić information content (AvgIpc) is 3.27. The number of ether oxygens (including phenoxy) is 1. The number of amides is 2. The van der Waals surface area contributed by atoms with Gasteiger partial charge in [0.2, 0.25) is 5.91 Å². The van der Waals surface area contributed by atoms with Crippen LogP contribution < -0.4 is 5.32 Å². The van der Waals surface area contributed by atoms with E-state index in [1.807, 2.05) is 29.2 Å². The summed E-state index contributed by atoms with van der Waals surface area (Å²) in [7, 11) is 0. The second kappa shape index (κ2) is 11.9. The fourth-order valence-corrected chi connectivity index (χ4v) is 4.51. The minimum atomic E-state index is -0.0165. The quantitative estimate of drug-likeness (QED) is 0.571. The molecule has 1 aliphatic heterocycles. The summed E-state index contributed by atoms with van der Waals surface area (Å²) in [5.74, 6) is -0.0167. The lowest BCUT2D eigenvalue weighted by molar-refractivity contribution is -0.116. The summed E-state index contributed by atoms with van der Waals surface area (Å²) >= 11 is 1.72. The molecule has 1 N–H and O–H groups in total. The molecular weight excluding hydrogens is 396 g/mol. The van der Waals surface area contributed by atoms with Crippen LogP contribution >= 0.6 is 11.3 Å². The first-order valence-corrected chi connectivity index (χ1v) is 11.9. The number of rotatable bonds is 10. The topological polar surface area (TPSA) is 58.6 Å². The first-order chi connectivity index (χ1) is 14.7. The molecule has 1 unspecified atom stereocenters. The third-order valence-corrected chi connectivity index (χ3v) is 6.22. The lowest BCUT2D eigenvalue weighted by atomic mass is 10.1. The maximum absolute atomic E-state index is 13.1. The van der Waals surface area contributed by atoms with E-state index >= 15 is 0 Å². The molecule has 1 atom stereocenters. The van der Waals surface area contributed by atoms with E-state index in [4.69, 9.17) is 4.74 Å². The Labute approximate surface area is 183 Å². The molecule has 30 heavy (non-hydrogen) atoms. The Morgan fingerprint density at radius 2 is 2.13 bits per heavy atom. The first kappa shape index (κ1) is 22.5. The standard InChI is InChI=1S/C24H32N2O3S/c1-2-14-26(18-21-10-3-4-15-29-21)24(28)19-8-5-9-20(17-19)25-23(27)13-6-11-22-12-7-16-30-22/h5,7-9,12,16-17,21H,2-4,6,10-11,13-15,18H2,1H3,(H,25,27). The number of benzene rings is 1. The Balaban J connectivity index is 1.55. The molecule has 162 valence electrons. The number of nitrogens with one attached hydrogen (secondary N) is 1. The summed E-state index contributed by atoms with van der Waals surface area (Å²) in [6.45, 7) is 4.20. The van der Waals surface area contributed by atoms with Crippen molar-refractivity contribution in [3.63, 3.8) is 0 Å². The predicted molar refractivity (Wildman–Crippen MR) is 122 cm³/mol. The van der Waals surface area contributed by atoms with Gasteiger partial charge in [-0.05, 0) is 68.2 Å². The van der Waals surface area contributed by atoms with Crippen molar-refractivity contribution in [3.8, 4) is 0 Å². The Hall–Kier alpha value is -2.18. The number of hydrogen-bond acceptors (Lipinski definition) is 4. The van der Waals surface area contributed by atoms with Crippen LogP contribution in [-0.4, -0.2) is 42.5 Å². The first-order valence-electron chi connectivity index (χ1n) is 11.0. The minimum Gasteiger partial charge on any atom is -0.376 e. The molecule has 6 heteroatoms. The summed E-state index contributed by atoms with van der Waals surface area (Å²) in [5, 5.41) is 4.99. The van der Waals surface area contributed by atoms with Gasteiger partial charge >= 0.3 is 0 Å². The van der Waals surface area contributed by atoms with Crippen molar-refractivity contribution in [2.24, 2.45) is 0 Å². The van der Waals surface area contributed by atoms with Crippen LogP contribution in [0.15, 0.2) is 41.8 Å². The second-order valence-electron chi connectivity index (χ2n) is 7.80. The molecule has 2 amide bonds. The molecule has 0 aliphatic carbocycles. The highest BCUT2D eigenvalue weighted by molar-refractivity contribution is 7.09. The minimum absolute atomic E-state index is 0.000169. The van der Waals surface area contributed by atoms with Crippen molar-refractivity contribution < 1.29 is 14.3 Å². The summed E-state index contributed by atoms with van der Waals surface area (Å²) in [6, 6.07) is 11.4. The molecule has 0 bridgehead atoms. The average molecular weight is 429 g/mol. The number of carbonyl (C=O) groups is 2. The number of carbonyl (C=O) groups excluding carboxylic acids is 2. The molecular formula is C24H32N2O3S. The summed E-state index contributed by atoms with van der Waals surface area (Å²) in [6.07, 6.45) is 6.50. The predicted octanol–water partition coefficient (Wildman–Crippen LogP) is 5.13. The molecule has 1 aromatic carbocycles. The Bertz CT molecular complexity index is 801. The maximum atomic E-state index is 13.1. The van der Waals surface area contributed by atoms with E-state index in [0.29, 0.717) is 30.8 Å². The van der Waals surface area contributed by atoms with Crippen molar-refractivity contribution in [2.45, 2.75) is 58.0 Å². The van der Waals surface area contributed by atoms with Crippen molar-refractivity contribution in [2.75, 3.05) is 25.0 Å². The van der Waals surface area contributed by atoms with Gasteiger partial charge in [-0.1, -0.05) is 19.1 Å². The second-order valence-corrected chi connectivity index (χ2v) is 8.83. The Morgan fingerprint density at radius 3 is 2.87 bits per heavy atom. The molecule has 1 aliphatic rings. The van der Waals surface area contributed by atoms with Gasteiger partial charge < -0.3 is 15.0 Å². The summed E-state index contributed by atoms with van der Waals surface area (Å²) in [5.41, 5.74) is 1.28. The zero-order chi connectivity index (χ0) is 21.2. The van der Waals surface area contributed by atoms with Gasteiger partial charge in [-0.15, -0.1) is 11.3 Å². The zero-order valence-electron chi connectivity index (χ0n) is 17.8. The number of anilines is 1. The monoisotopic (exact) mass is 428 g/mol. The number of thiophene rings is 1. The molecule has 5 nitrogen and oxygen atoms in total. The van der Waals surface area contributed by atoms with Gasteiger partial charge in [0, 0.05) is 42.2 Å². The van der Waals surface area contributed by atoms with Crippen LogP contribution in [0.2, 0.25) is 0 Å². The molecule has 2 heterocycles. The lowest BCUT2D eigenvalue weighted by Crippen LogP contribution is -2.40. The van der Waals surface area contributed by atoms with E-state index in [9.17, 15) is 9.59 Å². The van der Waals surface area contributed by atoms with E-state index in [2.05, 4.69) is 23.7 Å². The normalized spacial score (nSPS) is 16.2. The number of hydrogen-bond donors (Lipinski definition) is 1. The SMILES string of the molecule is CCCN(CC1CCCCO1)C(=O)c1cccc(NC(=O)CCCc2cccs2)c1. The molecule has 0 radical (unpaired) electrons. The summed E-state index contributed by atoms with van der Waals surface area (Å²) in [4.78, 5) is 28.6. The van der Waals surface area contributed by atoms with Gasteiger partial charge in [-0.2, -0.15) is 0 Å². The van der Waals surface area contributed by atoms with Crippen LogP contribution in [-0.2, 0) is 16.0 Å². The fraction of sp³-hybridized carbons (Fsp3) is 0.500. The van der Waals surface area contributed by atoms with Crippen molar-refractivity contribution in [1.82, 2.24) is 4.90 Å². The van der Waals surface area contributed by atoms with E-state index in [1.54, 1.807) is 17.4 Å². The van der Waals surface area contributed by atoms with Gasteiger partial charge in [-0.3, -0.25) is 9.59 Å². The van der Waals surface area contributed by atoms with Crippen molar-refractivity contribution >= 4 is 28.8 Å². The van der Waals surface area contributed by atoms with Gasteiger partial charge in [-0.25, -0.2) is 0 Å². The molecule has 1 fully saturated rings. The largest absolute Gasteiger partial charge is 0.376 e. The third kappa shape index (κ3) is 6.96. The van der Waals surface area contributed by atoms with E-state index in [-0.39, 0.29) is 17.9 Å². The highest BCUT2D eigenvalue weighted by atomic mass is 32.1. The summed E-state index contributed by atoms with van der Waals surface area (Å²) < 4.78 is 5.83. The van der Waals surface area contributed by atoms with E-state index < -0.39 is 0 Å². The van der Waals surface area contributed by atoms with Crippen LogP contribution in [0.25, 0.3) is 0 Å². The van der Waals surface area contributed by atoms with Gasteiger partial charge in [0.25, 0.3) is 5.91 Å². The van der Waals surface area contributed by atoms with Gasteiger partial charge in [0.05, 0.1) is 6.10 Å². The third-order valence-electron chi connectivity index (χ3n) is 5.28. The molecule has 1 saturated heterocycles. The maximum Gasteiger partial charge on any atom is 0.254 e. The Morgan fingerprint density at radius 1 is 1.23 bits per heavy atom. The van der Waals surface area contributed by atoms with Crippen LogP contribution in [0.1, 0.15) is 60.7 Å². The van der Waals surface area contributed by atoms with E-state index in [0.717, 1.165) is 45.1 Å². The van der Waals surface area contributed by atoms with Crippen molar-refractivity contribution in [1.29, 1.82) is 0 Å². The fourth-order valence-electron chi connectivity index (χ4n) is 3.76.